The predicted molar refractivity (Wildman–Crippen MR) is 104 cm³/mol. The van der Waals surface area contributed by atoms with E-state index in [0.717, 1.165) is 16.9 Å². The van der Waals surface area contributed by atoms with Crippen molar-refractivity contribution in [2.75, 3.05) is 25.7 Å². The summed E-state index contributed by atoms with van der Waals surface area (Å²) in [5, 5.41) is 7.82. The number of aromatic nitrogens is 1. The minimum atomic E-state index is -0.798. The molecule has 1 saturated heterocycles. The lowest BCUT2D eigenvalue weighted by Gasteiger charge is -2.49. The van der Waals surface area contributed by atoms with Gasteiger partial charge in [0.2, 0.25) is 0 Å². The van der Waals surface area contributed by atoms with Crippen molar-refractivity contribution in [2.45, 2.75) is 24.8 Å². The lowest BCUT2D eigenvalue weighted by atomic mass is 10.0. The maximum atomic E-state index is 12.7. The van der Waals surface area contributed by atoms with Crippen molar-refractivity contribution in [2.24, 2.45) is 5.16 Å². The first-order valence-corrected chi connectivity index (χ1v) is 10.2. The van der Waals surface area contributed by atoms with Gasteiger partial charge in [0.25, 0.3) is 11.8 Å². The molecule has 150 valence electrons. The van der Waals surface area contributed by atoms with Gasteiger partial charge in [-0.05, 0) is 12.0 Å². The van der Waals surface area contributed by atoms with E-state index in [4.69, 9.17) is 15.3 Å². The molecule has 2 atom stereocenters. The number of thioether (sulfide) groups is 1. The van der Waals surface area contributed by atoms with E-state index in [0.29, 0.717) is 12.2 Å². The average Bonchev–Trinajstić information content (AvgIpc) is 3.13. The summed E-state index contributed by atoms with van der Waals surface area (Å²) in [7, 11) is 2.58. The number of ether oxygens (including phenoxy) is 1. The number of nitrogen functional groups attached to an aromatic ring is 1. The Labute approximate surface area is 169 Å². The fourth-order valence-corrected chi connectivity index (χ4v) is 4.94. The minimum Gasteiger partial charge on any atom is -0.464 e. The molecule has 0 radical (unpaired) electrons. The minimum absolute atomic E-state index is 0.0829. The number of thiazole rings is 1. The zero-order valence-corrected chi connectivity index (χ0v) is 17.1. The van der Waals surface area contributed by atoms with E-state index in [1.54, 1.807) is 5.38 Å². The third kappa shape index (κ3) is 3.44. The number of carbonyl (C=O) groups is 3. The van der Waals surface area contributed by atoms with Crippen LogP contribution in [0.5, 0.6) is 0 Å². The molecular weight excluding hydrogens is 406 g/mol. The molecule has 28 heavy (non-hydrogen) atoms. The van der Waals surface area contributed by atoms with Crippen LogP contribution in [0.15, 0.2) is 21.8 Å². The largest absolute Gasteiger partial charge is 0.464 e. The van der Waals surface area contributed by atoms with Gasteiger partial charge in [0, 0.05) is 11.1 Å². The normalized spacial score (nSPS) is 21.8. The molecule has 10 nitrogen and oxygen atoms in total. The van der Waals surface area contributed by atoms with Crippen molar-refractivity contribution < 1.29 is 24.0 Å². The summed E-state index contributed by atoms with van der Waals surface area (Å²) in [6, 6.07) is -0.798. The van der Waals surface area contributed by atoms with Crippen molar-refractivity contribution in [1.82, 2.24) is 15.2 Å². The molecule has 2 aliphatic rings. The number of methoxy groups -OCH3 is 1. The van der Waals surface area contributed by atoms with E-state index in [9.17, 15) is 14.4 Å². The highest BCUT2D eigenvalue weighted by Crippen LogP contribution is 2.41. The molecular formula is C16H19N5O5S2. The monoisotopic (exact) mass is 425 g/mol. The van der Waals surface area contributed by atoms with Crippen LogP contribution >= 0.6 is 23.1 Å². The zero-order chi connectivity index (χ0) is 20.4. The highest BCUT2D eigenvalue weighted by molar-refractivity contribution is 8.00. The van der Waals surface area contributed by atoms with Gasteiger partial charge in [-0.25, -0.2) is 9.78 Å². The Hall–Kier alpha value is -2.60. The lowest BCUT2D eigenvalue weighted by Crippen LogP contribution is -2.71. The molecule has 1 fully saturated rings. The molecule has 12 heteroatoms. The number of anilines is 1. The average molecular weight is 425 g/mol. The van der Waals surface area contributed by atoms with E-state index in [-0.39, 0.29) is 28.1 Å². The van der Waals surface area contributed by atoms with Gasteiger partial charge in [-0.3, -0.25) is 14.5 Å². The number of nitrogens with two attached hydrogens (primary N) is 1. The first-order chi connectivity index (χ1) is 13.4. The Morgan fingerprint density at radius 2 is 2.21 bits per heavy atom. The quantitative estimate of drug-likeness (QED) is 0.288. The van der Waals surface area contributed by atoms with Gasteiger partial charge in [-0.2, -0.15) is 0 Å². The van der Waals surface area contributed by atoms with Gasteiger partial charge in [-0.1, -0.05) is 12.1 Å². The second kappa shape index (κ2) is 8.19. The Morgan fingerprint density at radius 3 is 2.79 bits per heavy atom. The van der Waals surface area contributed by atoms with Gasteiger partial charge >= 0.3 is 5.97 Å². The molecule has 3 rings (SSSR count). The van der Waals surface area contributed by atoms with E-state index in [1.165, 1.54) is 30.9 Å². The Bertz CT molecular complexity index is 881. The molecule has 0 spiro atoms. The molecule has 0 aliphatic carbocycles. The number of hydrogen-bond acceptors (Lipinski definition) is 10. The summed E-state index contributed by atoms with van der Waals surface area (Å²) in [5.74, 6) is -0.981. The number of esters is 1. The van der Waals surface area contributed by atoms with Crippen LogP contribution in [0.2, 0.25) is 0 Å². The van der Waals surface area contributed by atoms with Crippen LogP contribution in [0.25, 0.3) is 0 Å². The fraction of sp³-hybridized carbons (Fsp3) is 0.438. The number of hydrogen-bond donors (Lipinski definition) is 2. The third-order valence-electron chi connectivity index (χ3n) is 4.30. The molecule has 0 aromatic carbocycles. The summed E-state index contributed by atoms with van der Waals surface area (Å²) >= 11 is 2.63. The number of nitrogens with one attached hydrogen (secondary N) is 1. The van der Waals surface area contributed by atoms with Crippen molar-refractivity contribution in [3.05, 3.63) is 22.3 Å². The number of oxime groups is 1. The van der Waals surface area contributed by atoms with E-state index >= 15 is 0 Å². The van der Waals surface area contributed by atoms with Crippen LogP contribution in [0.4, 0.5) is 5.13 Å². The lowest BCUT2D eigenvalue weighted by molar-refractivity contribution is -0.151. The van der Waals surface area contributed by atoms with Gasteiger partial charge in [-0.15, -0.1) is 23.1 Å². The highest BCUT2D eigenvalue weighted by atomic mass is 32.2. The number of rotatable bonds is 6. The van der Waals surface area contributed by atoms with Gasteiger partial charge in [0.1, 0.15) is 29.9 Å². The van der Waals surface area contributed by atoms with Gasteiger partial charge < -0.3 is 20.6 Å². The van der Waals surface area contributed by atoms with Crippen LogP contribution in [0, 0.1) is 0 Å². The molecule has 3 heterocycles. The highest BCUT2D eigenvalue weighted by Gasteiger charge is 2.54. The molecule has 0 saturated carbocycles. The summed E-state index contributed by atoms with van der Waals surface area (Å²) in [6.45, 7) is 1.91. The number of nitrogens with zero attached hydrogens (tertiary/aromatic N) is 3. The molecule has 1 aromatic rings. The topological polar surface area (TPSA) is 136 Å². The van der Waals surface area contributed by atoms with Crippen molar-refractivity contribution in [3.63, 3.8) is 0 Å². The van der Waals surface area contributed by atoms with Crippen molar-refractivity contribution >= 4 is 51.7 Å². The molecule has 0 unspecified atom stereocenters. The maximum Gasteiger partial charge on any atom is 0.354 e. The Balaban J connectivity index is 1.79. The summed E-state index contributed by atoms with van der Waals surface area (Å²) < 4.78 is 4.83. The Kier molecular flexibility index (Phi) is 5.89. The van der Waals surface area contributed by atoms with E-state index in [1.807, 2.05) is 6.92 Å². The second-order valence-corrected chi connectivity index (χ2v) is 7.85. The Morgan fingerprint density at radius 1 is 1.46 bits per heavy atom. The fourth-order valence-electron chi connectivity index (χ4n) is 2.94. The van der Waals surface area contributed by atoms with E-state index in [2.05, 4.69) is 15.5 Å². The number of carbonyl (C=O) groups excluding carboxylic acids is 3. The molecule has 0 bridgehead atoms. The van der Waals surface area contributed by atoms with Crippen molar-refractivity contribution in [3.8, 4) is 0 Å². The molecule has 2 amide bonds. The van der Waals surface area contributed by atoms with Crippen LogP contribution in [-0.4, -0.2) is 64.8 Å². The zero-order valence-electron chi connectivity index (χ0n) is 15.4. The molecule has 2 aliphatic heterocycles. The smallest absolute Gasteiger partial charge is 0.354 e. The first-order valence-electron chi connectivity index (χ1n) is 8.31. The summed E-state index contributed by atoms with van der Waals surface area (Å²) in [5.41, 5.74) is 6.89. The molecule has 1 aromatic heterocycles. The van der Waals surface area contributed by atoms with Crippen LogP contribution in [-0.2, 0) is 24.0 Å². The first kappa shape index (κ1) is 20.1. The third-order valence-corrected chi connectivity index (χ3v) is 6.32. The number of amides is 2. The standard InChI is InChI=1S/C16H19N5O5S2/c1-4-7-5-27-14-10(13(23)21(14)11(7)15(24)25-2)19-12(22)9(20-26-3)8-6-28-16(17)18-8/h6,10,14H,4-5H2,1-3H3,(H2,17,18)(H,19,22)/b20-9-/t10-,14-/m1/s1. The predicted octanol–water partition coefficient (Wildman–Crippen LogP) is 0.313. The number of β-lactam (4-membered cyclic amide) rings is 1. The number of fused-ring (bicyclic) bond motifs is 1. The second-order valence-electron chi connectivity index (χ2n) is 5.85. The van der Waals surface area contributed by atoms with Crippen molar-refractivity contribution in [1.29, 1.82) is 0 Å². The van der Waals surface area contributed by atoms with Gasteiger partial charge in [0.15, 0.2) is 10.8 Å². The van der Waals surface area contributed by atoms with Gasteiger partial charge in [0.05, 0.1) is 7.11 Å². The van der Waals surface area contributed by atoms with E-state index < -0.39 is 23.3 Å². The van der Waals surface area contributed by atoms with Crippen LogP contribution in [0.1, 0.15) is 19.0 Å². The van der Waals surface area contributed by atoms with Crippen LogP contribution in [0.3, 0.4) is 0 Å². The van der Waals surface area contributed by atoms with Crippen LogP contribution < -0.4 is 11.1 Å². The summed E-state index contributed by atoms with van der Waals surface area (Å²) in [6.07, 6.45) is 0.626. The molecule has 3 N–H and O–H groups in total. The maximum absolute atomic E-state index is 12.7. The SMILES string of the molecule is CCC1=C(C(=O)OC)N2C(=O)[C@@H](NC(=O)/C(=N\OC)c3csc(N)n3)[C@H]2SC1. The summed E-state index contributed by atoms with van der Waals surface area (Å²) in [4.78, 5) is 47.7.